The zero-order valence-electron chi connectivity index (χ0n) is 49.3. The first kappa shape index (κ1) is 67.2. The predicted octanol–water partition coefficient (Wildman–Crippen LogP) is 0.691. The van der Waals surface area contributed by atoms with Gasteiger partial charge in [-0.25, -0.2) is 53.6 Å². The van der Waals surface area contributed by atoms with Crippen LogP contribution in [0, 0.1) is 0 Å². The van der Waals surface area contributed by atoms with E-state index in [-0.39, 0.29) is 36.3 Å². The van der Waals surface area contributed by atoms with Gasteiger partial charge in [0.05, 0.1) is 47.1 Å². The lowest BCUT2D eigenvalue weighted by molar-refractivity contribution is 0.329. The van der Waals surface area contributed by atoms with Crippen LogP contribution in [0.25, 0.3) is 0 Å². The van der Waals surface area contributed by atoms with E-state index in [0.29, 0.717) is 91.2 Å². The van der Waals surface area contributed by atoms with Crippen molar-refractivity contribution in [2.75, 3.05) is 0 Å². The van der Waals surface area contributed by atoms with Gasteiger partial charge >= 0.3 is 0 Å². The fraction of sp³-hybridized carbons (Fsp3) is 1.00. The molecule has 6 aliphatic carbocycles. The highest BCUT2D eigenvalue weighted by molar-refractivity contribution is 7.93. The van der Waals surface area contributed by atoms with E-state index in [0.717, 1.165) is 38.5 Å². The van der Waals surface area contributed by atoms with Gasteiger partial charge in [-0.2, -0.15) is 39.4 Å². The van der Waals surface area contributed by atoms with Crippen LogP contribution in [-0.2, 0) is 60.7 Å². The lowest BCUT2D eigenvalue weighted by atomic mass is 9.63. The highest BCUT2D eigenvalue weighted by atomic mass is 32.2. The topological polar surface area (TPSA) is 313 Å². The van der Waals surface area contributed by atoms with E-state index in [9.17, 15) is 50.5 Å². The molecule has 6 saturated carbocycles. The van der Waals surface area contributed by atoms with Gasteiger partial charge in [0.15, 0.2) is 0 Å². The monoisotopic (exact) mass is 1170 g/mol. The molecule has 9 N–H and O–H groups in total. The number of rotatable bonds is 21. The molecule has 0 amide bonds. The van der Waals surface area contributed by atoms with Crippen molar-refractivity contribution in [2.45, 2.75) is 265 Å². The summed E-state index contributed by atoms with van der Waals surface area (Å²) >= 11 is 0. The first-order chi connectivity index (χ1) is 35.0. The first-order valence-corrected chi connectivity index (χ1v) is 34.5. The molecule has 0 saturated heterocycles. The van der Waals surface area contributed by atoms with Crippen LogP contribution < -0.4 is 42.5 Å². The smallest absolute Gasteiger partial charge is 0.213 e. The van der Waals surface area contributed by atoms with Crippen LogP contribution in [0.1, 0.15) is 199 Å². The largest absolute Gasteiger partial charge is 0.276 e. The maximum atomic E-state index is 11.7. The Morgan fingerprint density at radius 2 is 0.480 bits per heavy atom. The summed E-state index contributed by atoms with van der Waals surface area (Å²) in [6.45, 7) is 21.0. The van der Waals surface area contributed by atoms with Crippen LogP contribution in [0.5, 0.6) is 0 Å². The van der Waals surface area contributed by atoms with Gasteiger partial charge in [0.2, 0.25) is 30.1 Å². The van der Waals surface area contributed by atoms with E-state index in [1.807, 2.05) is 0 Å². The minimum atomic E-state index is -3.78. The molecular weight excluding hydrogens is 1080 g/mol. The summed E-state index contributed by atoms with van der Waals surface area (Å²) in [4.78, 5) is 0. The molecule has 0 aromatic carbocycles. The van der Waals surface area contributed by atoms with E-state index < -0.39 is 91.0 Å². The summed E-state index contributed by atoms with van der Waals surface area (Å²) in [6.07, 6.45) is 12.1. The molecule has 0 spiro atoms. The third-order valence-electron chi connectivity index (χ3n) is 11.7. The average molecular weight is 1170 g/mol. The van der Waals surface area contributed by atoms with Gasteiger partial charge in [0, 0.05) is 50.2 Å². The number of sulfonamides is 3. The Balaban J connectivity index is 0.000000469. The van der Waals surface area contributed by atoms with Crippen molar-refractivity contribution in [1.82, 2.24) is 42.5 Å². The highest BCUT2D eigenvalue weighted by Gasteiger charge is 2.49. The molecule has 33 heteroatoms. The van der Waals surface area contributed by atoms with Crippen molar-refractivity contribution >= 4 is 108 Å². The standard InChI is InChI=1S/C8H17BN2O2S.C8H16BNO2S.C7H15BN2O2S.C7H14BNO2S.C6H13BN2O2S.C6H12BNO2S/c1-7(2)10-14(12,13)11-8(9)5-3-4-6-8;1-7(2)10-13(11,12)8(9)5-3-4-6-8;1-6(2)9-13(11,12)10-7(8)4-3-5-7;1-6(2)9-12(10,11)7(8)4-3-5-7;1-5(2)8-12(10,11)9-6(7)3-4-6;1-5(2)8-11(9,10)6(7)3-4-6/h7,10-11H,3-6H2,1-2H3;7,10H,3-6H2,1-2H3;6,9-10H,3-5H2,1-2H3;6,9H,3-5H2,1-2H3;5,8-9H,3-4H2,1-2H3;5,8H,3-4H2,1-2H3/i/hD3. The van der Waals surface area contributed by atoms with Crippen LogP contribution in [0.4, 0.5) is 0 Å². The third-order valence-corrected chi connectivity index (χ3v) is 22.6. The molecular formula is C42H87B6N9O12S6. The lowest BCUT2D eigenvalue weighted by Crippen LogP contribution is -2.57. The van der Waals surface area contributed by atoms with Crippen molar-refractivity contribution in [3.05, 3.63) is 0 Å². The lowest BCUT2D eigenvalue weighted by Gasteiger charge is -2.39. The van der Waals surface area contributed by atoms with E-state index in [1.165, 1.54) is 0 Å². The Morgan fingerprint density at radius 1 is 0.293 bits per heavy atom. The van der Waals surface area contributed by atoms with Crippen molar-refractivity contribution in [3.8, 4) is 0 Å². The van der Waals surface area contributed by atoms with Gasteiger partial charge in [-0.05, 0) is 176 Å². The SMILES string of the molecule is [2H]N(C1([B])CC1)S(=O)(=O)NC(C)C.[2H]N(C1([B])CCC1)S(=O)(=O)NC(C)C.[2H]N(C1([B])CCCC1)S(=O)(=O)NC(C)C.[B]C1(S(=O)(=O)NC(C)C)CC1.[B]C1(S(=O)(=O)NC(C)C)CCC1.[B]C1(S(=O)(=O)NC(C)C)CCCC1. The summed E-state index contributed by atoms with van der Waals surface area (Å²) in [5, 5.41) is 0. The first-order valence-electron chi connectivity index (χ1n) is 27.0. The number of hydrogen-bond acceptors (Lipinski definition) is 12. The molecule has 0 aromatic rings. The number of nitrogens with one attached hydrogen (secondary N) is 9. The Labute approximate surface area is 467 Å². The summed E-state index contributed by atoms with van der Waals surface area (Å²) < 4.78 is 174. The molecule has 12 radical (unpaired) electrons. The molecule has 75 heavy (non-hydrogen) atoms. The second-order valence-electron chi connectivity index (χ2n) is 22.5. The van der Waals surface area contributed by atoms with Crippen LogP contribution in [0.15, 0.2) is 0 Å². The van der Waals surface area contributed by atoms with Crippen molar-refractivity contribution in [1.29, 1.82) is 0 Å². The van der Waals surface area contributed by atoms with E-state index in [1.54, 1.807) is 83.1 Å². The zero-order valence-corrected chi connectivity index (χ0v) is 51.2. The zero-order chi connectivity index (χ0) is 61.2. The van der Waals surface area contributed by atoms with Crippen LogP contribution in [0.2, 0.25) is 4.24 Å². The van der Waals surface area contributed by atoms with E-state index >= 15 is 0 Å². The molecule has 21 nitrogen and oxygen atoms in total. The molecule has 0 unspecified atom stereocenters. The van der Waals surface area contributed by atoms with Gasteiger partial charge in [0.1, 0.15) is 4.24 Å². The van der Waals surface area contributed by atoms with Crippen LogP contribution >= 0.6 is 0 Å². The summed E-state index contributed by atoms with van der Waals surface area (Å²) in [7, 11) is 13.1. The maximum absolute atomic E-state index is 11.7. The van der Waals surface area contributed by atoms with Gasteiger partial charge in [-0.1, -0.05) is 38.5 Å². The van der Waals surface area contributed by atoms with Gasteiger partial charge in [-0.15, -0.1) is 0 Å². The quantitative estimate of drug-likeness (QED) is 0.0718. The minimum Gasteiger partial charge on any atom is -0.213 e. The molecule has 6 fully saturated rings. The highest BCUT2D eigenvalue weighted by Crippen LogP contribution is 2.39. The fourth-order valence-electron chi connectivity index (χ4n) is 7.33. The molecule has 0 atom stereocenters. The van der Waals surface area contributed by atoms with Gasteiger partial charge < -0.3 is 0 Å². The second kappa shape index (κ2) is 28.6. The van der Waals surface area contributed by atoms with Gasteiger partial charge in [0.25, 0.3) is 30.6 Å². The Bertz CT molecular complexity index is 2590. The molecule has 0 aliphatic heterocycles. The predicted molar refractivity (Wildman–Crippen MR) is 307 cm³/mol. The molecule has 6 rings (SSSR count). The van der Waals surface area contributed by atoms with Crippen molar-refractivity contribution in [2.24, 2.45) is 0 Å². The van der Waals surface area contributed by atoms with E-state index in [2.05, 4.69) is 28.3 Å². The maximum Gasteiger partial charge on any atom is 0.276 e. The molecule has 0 bridgehead atoms. The molecule has 6 aliphatic rings. The van der Waals surface area contributed by atoms with Crippen LogP contribution in [-0.4, -0.2) is 164 Å². The minimum absolute atomic E-state index is 0.0685. The van der Waals surface area contributed by atoms with Crippen molar-refractivity contribution in [3.63, 3.8) is 0 Å². The Morgan fingerprint density at radius 3 is 0.653 bits per heavy atom. The second-order valence-corrected chi connectivity index (χ2v) is 32.7. The molecule has 0 heterocycles. The molecule has 426 valence electrons. The molecule has 0 aromatic heterocycles. The van der Waals surface area contributed by atoms with Gasteiger partial charge in [-0.3, -0.25) is 0 Å². The average Bonchev–Trinajstić information content (AvgIpc) is 4.06. The normalized spacial score (nSPS) is 22.6. The number of hydrogen-bond donors (Lipinski definition) is 9. The summed E-state index contributed by atoms with van der Waals surface area (Å²) in [5.74, 6) is 0. The summed E-state index contributed by atoms with van der Waals surface area (Å²) in [6, 6.07) is -0.896. The van der Waals surface area contributed by atoms with E-state index in [4.69, 9.17) is 51.3 Å². The summed E-state index contributed by atoms with van der Waals surface area (Å²) in [5.41, 5.74) is -3.00. The fourth-order valence-corrected chi connectivity index (χ4v) is 16.1. The van der Waals surface area contributed by atoms with Crippen molar-refractivity contribution < 1.29 is 54.7 Å². The Hall–Kier alpha value is -0.270. The van der Waals surface area contributed by atoms with Crippen LogP contribution in [0.3, 0.4) is 0 Å². The third kappa shape index (κ3) is 26.9. The Kier molecular flexibility index (Phi) is 25.7.